The number of carbonyl (C=O) groups is 1. The summed E-state index contributed by atoms with van der Waals surface area (Å²) in [6, 6.07) is 8.32. The van der Waals surface area contributed by atoms with Crippen molar-refractivity contribution in [3.05, 3.63) is 51.9 Å². The summed E-state index contributed by atoms with van der Waals surface area (Å²) in [7, 11) is 1.33. The first-order valence-electron chi connectivity index (χ1n) is 7.18. The van der Waals surface area contributed by atoms with Crippen molar-refractivity contribution in [2.75, 3.05) is 12.4 Å². The lowest BCUT2D eigenvalue weighted by Gasteiger charge is -2.08. The molecule has 6 heteroatoms. The smallest absolute Gasteiger partial charge is 0.337 e. The number of esters is 1. The van der Waals surface area contributed by atoms with Gasteiger partial charge in [-0.2, -0.15) is 0 Å². The van der Waals surface area contributed by atoms with Crippen molar-refractivity contribution in [1.29, 1.82) is 0 Å². The maximum Gasteiger partial charge on any atom is 0.337 e. The number of nitrogens with one attached hydrogen (secondary N) is 2. The molecule has 0 aliphatic heterocycles. The van der Waals surface area contributed by atoms with E-state index in [2.05, 4.69) is 26.9 Å². The van der Waals surface area contributed by atoms with Crippen LogP contribution in [-0.4, -0.2) is 23.0 Å². The van der Waals surface area contributed by atoms with E-state index in [1.165, 1.54) is 13.2 Å². The largest absolute Gasteiger partial charge is 0.465 e. The fraction of sp³-hybridized carbons (Fsp3) is 0.312. The van der Waals surface area contributed by atoms with Crippen LogP contribution in [0.1, 0.15) is 35.8 Å². The second-order valence-electron chi connectivity index (χ2n) is 4.89. The Bertz CT molecular complexity index is 710. The molecule has 0 spiro atoms. The third-order valence-corrected chi connectivity index (χ3v) is 3.13. The molecule has 0 radical (unpaired) electrons. The number of aromatic amines is 1. The minimum atomic E-state index is -0.415. The number of aromatic nitrogens is 2. The van der Waals surface area contributed by atoms with E-state index in [9.17, 15) is 9.59 Å². The van der Waals surface area contributed by atoms with E-state index in [0.29, 0.717) is 17.2 Å². The van der Waals surface area contributed by atoms with Crippen LogP contribution >= 0.6 is 0 Å². The minimum Gasteiger partial charge on any atom is -0.465 e. The normalized spacial score (nSPS) is 10.3. The Hall–Kier alpha value is -2.63. The van der Waals surface area contributed by atoms with Crippen molar-refractivity contribution in [2.24, 2.45) is 0 Å². The Balaban J connectivity index is 2.21. The van der Waals surface area contributed by atoms with E-state index in [1.807, 2.05) is 0 Å². The van der Waals surface area contributed by atoms with Gasteiger partial charge in [-0.05, 0) is 31.0 Å². The number of ether oxygens (including phenoxy) is 1. The number of aryl methyl sites for hydroxylation is 1. The lowest BCUT2D eigenvalue weighted by Crippen LogP contribution is -2.12. The fourth-order valence-electron chi connectivity index (χ4n) is 2.03. The predicted octanol–water partition coefficient (Wildman–Crippen LogP) is 2.64. The molecular formula is C16H19N3O3. The molecule has 22 heavy (non-hydrogen) atoms. The van der Waals surface area contributed by atoms with Crippen molar-refractivity contribution in [3.8, 4) is 0 Å². The number of carbonyl (C=O) groups excluding carboxylic acids is 1. The van der Waals surface area contributed by atoms with Gasteiger partial charge in [0.25, 0.3) is 5.56 Å². The highest BCUT2D eigenvalue weighted by molar-refractivity contribution is 5.90. The number of rotatable bonds is 6. The number of unbranched alkanes of at least 4 members (excludes halogenated alkanes) is 1. The molecule has 6 nitrogen and oxygen atoms in total. The highest BCUT2D eigenvalue weighted by atomic mass is 16.5. The Morgan fingerprint density at radius 3 is 2.91 bits per heavy atom. The standard InChI is InChI=1S/C16H19N3O3/c1-3-4-7-13-10-14(20)19-16(18-13)17-12-8-5-6-11(9-12)15(21)22-2/h5-6,8-10H,3-4,7H2,1-2H3,(H2,17,18,19,20). The molecule has 2 aromatic rings. The molecule has 0 aliphatic rings. The van der Waals surface area contributed by atoms with Crippen LogP contribution in [0.5, 0.6) is 0 Å². The van der Waals surface area contributed by atoms with E-state index < -0.39 is 5.97 Å². The third-order valence-electron chi connectivity index (χ3n) is 3.13. The van der Waals surface area contributed by atoms with Crippen LogP contribution in [0.3, 0.4) is 0 Å². The zero-order valence-corrected chi connectivity index (χ0v) is 12.7. The summed E-state index contributed by atoms with van der Waals surface area (Å²) in [5.74, 6) is -0.0533. The van der Waals surface area contributed by atoms with E-state index >= 15 is 0 Å². The summed E-state index contributed by atoms with van der Waals surface area (Å²) in [6.45, 7) is 2.09. The molecule has 0 atom stereocenters. The first-order valence-corrected chi connectivity index (χ1v) is 7.18. The molecule has 0 amide bonds. The number of nitrogens with zero attached hydrogens (tertiary/aromatic N) is 1. The van der Waals surface area contributed by atoms with Gasteiger partial charge < -0.3 is 10.1 Å². The lowest BCUT2D eigenvalue weighted by atomic mass is 10.2. The number of benzene rings is 1. The second kappa shape index (κ2) is 7.40. The van der Waals surface area contributed by atoms with Crippen LogP contribution < -0.4 is 10.9 Å². The highest BCUT2D eigenvalue weighted by Gasteiger charge is 2.07. The van der Waals surface area contributed by atoms with Gasteiger partial charge in [0.05, 0.1) is 12.7 Å². The van der Waals surface area contributed by atoms with Crippen molar-refractivity contribution in [2.45, 2.75) is 26.2 Å². The summed E-state index contributed by atoms with van der Waals surface area (Å²) in [5.41, 5.74) is 1.63. The first kappa shape index (κ1) is 15.8. The Kier molecular flexibility index (Phi) is 5.30. The molecule has 0 unspecified atom stereocenters. The lowest BCUT2D eigenvalue weighted by molar-refractivity contribution is 0.0601. The quantitative estimate of drug-likeness (QED) is 0.801. The molecular weight excluding hydrogens is 282 g/mol. The van der Waals surface area contributed by atoms with Crippen molar-refractivity contribution < 1.29 is 9.53 Å². The zero-order chi connectivity index (χ0) is 15.9. The van der Waals surface area contributed by atoms with Gasteiger partial charge in [0.15, 0.2) is 0 Å². The number of anilines is 2. The molecule has 0 bridgehead atoms. The van der Waals surface area contributed by atoms with Gasteiger partial charge in [-0.25, -0.2) is 9.78 Å². The van der Waals surface area contributed by atoms with Crippen LogP contribution in [0.25, 0.3) is 0 Å². The molecule has 0 saturated heterocycles. The SMILES string of the molecule is CCCCc1cc(=O)[nH]c(Nc2cccc(C(=O)OC)c2)n1. The van der Waals surface area contributed by atoms with Crippen LogP contribution in [-0.2, 0) is 11.2 Å². The van der Waals surface area contributed by atoms with Gasteiger partial charge in [0, 0.05) is 17.4 Å². The van der Waals surface area contributed by atoms with Gasteiger partial charge in [-0.3, -0.25) is 9.78 Å². The van der Waals surface area contributed by atoms with Crippen molar-refractivity contribution in [3.63, 3.8) is 0 Å². The zero-order valence-electron chi connectivity index (χ0n) is 12.7. The summed E-state index contributed by atoms with van der Waals surface area (Å²) < 4.78 is 4.68. The molecule has 1 aromatic carbocycles. The molecule has 0 fully saturated rings. The van der Waals surface area contributed by atoms with E-state index in [0.717, 1.165) is 25.0 Å². The minimum absolute atomic E-state index is 0.201. The van der Waals surface area contributed by atoms with Gasteiger partial charge in [-0.1, -0.05) is 19.4 Å². The Morgan fingerprint density at radius 2 is 2.18 bits per heavy atom. The van der Waals surface area contributed by atoms with E-state index in [-0.39, 0.29) is 5.56 Å². The van der Waals surface area contributed by atoms with Gasteiger partial charge in [0.2, 0.25) is 5.95 Å². The molecule has 116 valence electrons. The number of methoxy groups -OCH3 is 1. The summed E-state index contributed by atoms with van der Waals surface area (Å²) >= 11 is 0. The van der Waals surface area contributed by atoms with E-state index in [1.54, 1.807) is 24.3 Å². The second-order valence-corrected chi connectivity index (χ2v) is 4.89. The molecule has 0 aliphatic carbocycles. The molecule has 1 heterocycles. The van der Waals surface area contributed by atoms with Crippen LogP contribution in [0.2, 0.25) is 0 Å². The van der Waals surface area contributed by atoms with Crippen molar-refractivity contribution in [1.82, 2.24) is 9.97 Å². The average Bonchev–Trinajstić information content (AvgIpc) is 2.52. The van der Waals surface area contributed by atoms with Gasteiger partial charge >= 0.3 is 5.97 Å². The van der Waals surface area contributed by atoms with Crippen molar-refractivity contribution >= 4 is 17.6 Å². The topological polar surface area (TPSA) is 84.1 Å². The highest BCUT2D eigenvalue weighted by Crippen LogP contribution is 2.15. The van der Waals surface area contributed by atoms with Crippen LogP contribution in [0.4, 0.5) is 11.6 Å². The predicted molar refractivity (Wildman–Crippen MR) is 84.5 cm³/mol. The summed E-state index contributed by atoms with van der Waals surface area (Å²) in [5, 5.41) is 3.01. The monoisotopic (exact) mass is 301 g/mol. The van der Waals surface area contributed by atoms with Crippen LogP contribution in [0.15, 0.2) is 35.1 Å². The third kappa shape index (κ3) is 4.18. The fourth-order valence-corrected chi connectivity index (χ4v) is 2.03. The molecule has 2 N–H and O–H groups in total. The molecule has 2 rings (SSSR count). The maximum absolute atomic E-state index is 11.7. The summed E-state index contributed by atoms with van der Waals surface area (Å²) in [6.07, 6.45) is 2.78. The Labute approximate surface area is 128 Å². The molecule has 1 aromatic heterocycles. The van der Waals surface area contributed by atoms with E-state index in [4.69, 9.17) is 0 Å². The molecule has 0 saturated carbocycles. The summed E-state index contributed by atoms with van der Waals surface area (Å²) in [4.78, 5) is 30.2. The maximum atomic E-state index is 11.7. The number of hydrogen-bond donors (Lipinski definition) is 2. The Morgan fingerprint density at radius 1 is 1.36 bits per heavy atom. The number of hydrogen-bond acceptors (Lipinski definition) is 5. The number of H-pyrrole nitrogens is 1. The van der Waals surface area contributed by atoms with Gasteiger partial charge in [0.1, 0.15) is 0 Å². The van der Waals surface area contributed by atoms with Crippen LogP contribution in [0, 0.1) is 0 Å². The first-order chi connectivity index (χ1) is 10.6. The average molecular weight is 301 g/mol. The van der Waals surface area contributed by atoms with Gasteiger partial charge in [-0.15, -0.1) is 0 Å².